The maximum Gasteiger partial charge on any atom is 0.355 e. The van der Waals surface area contributed by atoms with Crippen LogP contribution < -0.4 is 5.32 Å². The molecule has 2 N–H and O–H groups in total. The first-order chi connectivity index (χ1) is 16.5. The standard InChI is InChI=1S/C23H17F3N6O3/c1-9-13(25)7-11-16(31-32(20(11)27-9)8-10-5-4-6-12(24)15(10)26)19-28-17(21(33)34)14-18(29-19)30-22(35)23(14,2)3/h4-7H,8H2,1-3H3,(H,33,34)(H,28,29,30,35). The lowest BCUT2D eigenvalue weighted by molar-refractivity contribution is -0.119. The largest absolute Gasteiger partial charge is 0.476 e. The lowest BCUT2D eigenvalue weighted by Crippen LogP contribution is -2.28. The first kappa shape index (κ1) is 22.4. The number of amides is 1. The zero-order chi connectivity index (χ0) is 25.2. The molecule has 35 heavy (non-hydrogen) atoms. The van der Waals surface area contributed by atoms with Gasteiger partial charge in [0.05, 0.1) is 23.0 Å². The Hall–Kier alpha value is -4.35. The normalized spacial score (nSPS) is 14.3. The number of aromatic carboxylic acids is 1. The van der Waals surface area contributed by atoms with Crippen molar-refractivity contribution in [2.24, 2.45) is 0 Å². The van der Waals surface area contributed by atoms with Gasteiger partial charge in [0.15, 0.2) is 28.8 Å². The predicted molar refractivity (Wildman–Crippen MR) is 117 cm³/mol. The minimum Gasteiger partial charge on any atom is -0.476 e. The number of carbonyl (C=O) groups is 2. The van der Waals surface area contributed by atoms with E-state index in [9.17, 15) is 27.9 Å². The van der Waals surface area contributed by atoms with Crippen molar-refractivity contribution in [1.82, 2.24) is 24.7 Å². The Labute approximate surface area is 195 Å². The number of pyridine rings is 1. The molecule has 1 amide bonds. The van der Waals surface area contributed by atoms with Gasteiger partial charge in [-0.15, -0.1) is 0 Å². The van der Waals surface area contributed by atoms with E-state index in [1.165, 1.54) is 23.7 Å². The molecule has 0 atom stereocenters. The van der Waals surface area contributed by atoms with Gasteiger partial charge in [0.1, 0.15) is 17.3 Å². The molecule has 0 unspecified atom stereocenters. The molecule has 0 spiro atoms. The van der Waals surface area contributed by atoms with Gasteiger partial charge in [0.2, 0.25) is 5.91 Å². The van der Waals surface area contributed by atoms with Gasteiger partial charge in [-0.05, 0) is 32.9 Å². The van der Waals surface area contributed by atoms with Crippen molar-refractivity contribution < 1.29 is 27.9 Å². The van der Waals surface area contributed by atoms with Crippen molar-refractivity contribution in [1.29, 1.82) is 0 Å². The quantitative estimate of drug-likeness (QED) is 0.456. The number of halogens is 3. The van der Waals surface area contributed by atoms with Gasteiger partial charge in [-0.3, -0.25) is 4.79 Å². The molecule has 3 aromatic heterocycles. The minimum atomic E-state index is -1.39. The summed E-state index contributed by atoms with van der Waals surface area (Å²) >= 11 is 0. The number of nitrogens with one attached hydrogen (secondary N) is 1. The fraction of sp³-hybridized carbons (Fsp3) is 0.217. The Morgan fingerprint density at radius 2 is 1.89 bits per heavy atom. The van der Waals surface area contributed by atoms with Crippen molar-refractivity contribution >= 4 is 28.7 Å². The van der Waals surface area contributed by atoms with Crippen LogP contribution in [0.3, 0.4) is 0 Å². The van der Waals surface area contributed by atoms with Crippen LogP contribution >= 0.6 is 0 Å². The van der Waals surface area contributed by atoms with Crippen LogP contribution in [0.1, 0.15) is 41.2 Å². The highest BCUT2D eigenvalue weighted by Crippen LogP contribution is 2.39. The summed E-state index contributed by atoms with van der Waals surface area (Å²) in [4.78, 5) is 37.1. The van der Waals surface area contributed by atoms with Gasteiger partial charge >= 0.3 is 5.97 Å². The first-order valence-corrected chi connectivity index (χ1v) is 10.4. The first-order valence-electron chi connectivity index (χ1n) is 10.4. The molecule has 178 valence electrons. The topological polar surface area (TPSA) is 123 Å². The van der Waals surface area contributed by atoms with Crippen LogP contribution in [0.25, 0.3) is 22.6 Å². The number of nitrogens with zero attached hydrogens (tertiary/aromatic N) is 5. The van der Waals surface area contributed by atoms with Gasteiger partial charge in [0, 0.05) is 11.1 Å². The Morgan fingerprint density at radius 3 is 2.60 bits per heavy atom. The Bertz CT molecular complexity index is 1580. The molecule has 5 rings (SSSR count). The Balaban J connectivity index is 1.75. The Kier molecular flexibility index (Phi) is 4.86. The van der Waals surface area contributed by atoms with E-state index in [4.69, 9.17) is 0 Å². The third kappa shape index (κ3) is 3.40. The number of anilines is 1. The van der Waals surface area contributed by atoms with E-state index in [-0.39, 0.29) is 51.7 Å². The highest BCUT2D eigenvalue weighted by atomic mass is 19.2. The third-order valence-corrected chi connectivity index (χ3v) is 5.95. The van der Waals surface area contributed by atoms with Crippen molar-refractivity contribution in [2.75, 3.05) is 5.32 Å². The molecule has 0 saturated heterocycles. The second-order valence-corrected chi connectivity index (χ2v) is 8.65. The average molecular weight is 482 g/mol. The van der Waals surface area contributed by atoms with Gasteiger partial charge in [-0.1, -0.05) is 12.1 Å². The SMILES string of the molecule is Cc1nc2c(cc1F)c(-c1nc3c(c(C(=O)O)n1)C(C)(C)C(=O)N3)nn2Cc1cccc(F)c1F. The van der Waals surface area contributed by atoms with Crippen molar-refractivity contribution in [3.63, 3.8) is 0 Å². The van der Waals surface area contributed by atoms with Crippen LogP contribution in [0.15, 0.2) is 24.3 Å². The highest BCUT2D eigenvalue weighted by Gasteiger charge is 2.44. The number of aromatic nitrogens is 5. The molecule has 4 heterocycles. The van der Waals surface area contributed by atoms with E-state index in [1.807, 2.05) is 0 Å². The minimum absolute atomic E-state index is 0.00168. The summed E-state index contributed by atoms with van der Waals surface area (Å²) in [6.45, 7) is 4.27. The second kappa shape index (κ2) is 7.58. The molecule has 12 heteroatoms. The molecular weight excluding hydrogens is 465 g/mol. The number of carbonyl (C=O) groups excluding carboxylic acids is 1. The highest BCUT2D eigenvalue weighted by molar-refractivity contribution is 6.08. The predicted octanol–water partition coefficient (Wildman–Crippen LogP) is 3.59. The average Bonchev–Trinajstić information content (AvgIpc) is 3.24. The molecule has 0 fully saturated rings. The van der Waals surface area contributed by atoms with E-state index in [2.05, 4.69) is 25.4 Å². The lowest BCUT2D eigenvalue weighted by atomic mass is 9.85. The van der Waals surface area contributed by atoms with Gasteiger partial charge in [-0.25, -0.2) is 37.6 Å². The number of hydrogen-bond acceptors (Lipinski definition) is 6. The molecule has 0 saturated carbocycles. The maximum absolute atomic E-state index is 14.5. The molecule has 9 nitrogen and oxygen atoms in total. The number of benzene rings is 1. The smallest absolute Gasteiger partial charge is 0.355 e. The van der Waals surface area contributed by atoms with E-state index in [0.717, 1.165) is 12.1 Å². The number of aryl methyl sites for hydroxylation is 1. The van der Waals surface area contributed by atoms with Crippen LogP contribution in [0.4, 0.5) is 19.0 Å². The van der Waals surface area contributed by atoms with E-state index in [1.54, 1.807) is 13.8 Å². The molecule has 0 bridgehead atoms. The van der Waals surface area contributed by atoms with E-state index >= 15 is 0 Å². The number of rotatable bonds is 4. The van der Waals surface area contributed by atoms with Crippen molar-refractivity contribution in [3.8, 4) is 11.5 Å². The van der Waals surface area contributed by atoms with Crippen molar-refractivity contribution in [2.45, 2.75) is 32.7 Å². The fourth-order valence-corrected chi connectivity index (χ4v) is 4.05. The van der Waals surface area contributed by atoms with Gasteiger partial charge in [0.25, 0.3) is 0 Å². The Morgan fingerprint density at radius 1 is 1.14 bits per heavy atom. The third-order valence-electron chi connectivity index (χ3n) is 5.95. The zero-order valence-corrected chi connectivity index (χ0v) is 18.7. The van der Waals surface area contributed by atoms with E-state index in [0.29, 0.717) is 0 Å². The summed E-state index contributed by atoms with van der Waals surface area (Å²) in [7, 11) is 0. The van der Waals surface area contributed by atoms with E-state index < -0.39 is 40.4 Å². The monoisotopic (exact) mass is 482 g/mol. The van der Waals surface area contributed by atoms with Crippen LogP contribution in [-0.2, 0) is 16.8 Å². The molecule has 1 aliphatic heterocycles. The maximum atomic E-state index is 14.5. The number of fused-ring (bicyclic) bond motifs is 2. The summed E-state index contributed by atoms with van der Waals surface area (Å²) in [5.41, 5.74) is -1.37. The zero-order valence-electron chi connectivity index (χ0n) is 18.7. The molecular formula is C23H17F3N6O3. The van der Waals surface area contributed by atoms with Crippen LogP contribution in [0, 0.1) is 24.4 Å². The number of hydrogen-bond donors (Lipinski definition) is 2. The summed E-state index contributed by atoms with van der Waals surface area (Å²) in [5, 5.41) is 16.8. The summed E-state index contributed by atoms with van der Waals surface area (Å²) in [5.74, 6) is -4.81. The van der Waals surface area contributed by atoms with Crippen LogP contribution in [0.2, 0.25) is 0 Å². The number of carboxylic acid groups (broad SMARTS) is 1. The number of carboxylic acids is 1. The van der Waals surface area contributed by atoms with Crippen LogP contribution in [0.5, 0.6) is 0 Å². The lowest BCUT2D eigenvalue weighted by Gasteiger charge is -2.16. The summed E-state index contributed by atoms with van der Waals surface area (Å²) in [6, 6.07) is 4.82. The second-order valence-electron chi connectivity index (χ2n) is 8.65. The summed E-state index contributed by atoms with van der Waals surface area (Å²) < 4.78 is 43.8. The van der Waals surface area contributed by atoms with Gasteiger partial charge in [-0.2, -0.15) is 5.10 Å². The molecule has 1 aromatic carbocycles. The molecule has 0 radical (unpaired) electrons. The van der Waals surface area contributed by atoms with Crippen molar-refractivity contribution in [3.05, 3.63) is 64.2 Å². The molecule has 4 aromatic rings. The molecule has 0 aliphatic carbocycles. The summed E-state index contributed by atoms with van der Waals surface area (Å²) in [6.07, 6.45) is 0. The van der Waals surface area contributed by atoms with Crippen LogP contribution in [-0.4, -0.2) is 41.7 Å². The molecule has 1 aliphatic rings. The fourth-order valence-electron chi connectivity index (χ4n) is 4.05. The van der Waals surface area contributed by atoms with Gasteiger partial charge < -0.3 is 10.4 Å².